The van der Waals surface area contributed by atoms with Crippen molar-refractivity contribution in [2.45, 2.75) is 51.5 Å². The van der Waals surface area contributed by atoms with Crippen LogP contribution in [0.4, 0.5) is 5.13 Å². The first kappa shape index (κ1) is 13.9. The first-order valence-corrected chi connectivity index (χ1v) is 8.51. The Morgan fingerprint density at radius 1 is 1.45 bits per heavy atom. The Hall–Kier alpha value is -1.10. The van der Waals surface area contributed by atoms with Gasteiger partial charge in [0.25, 0.3) is 0 Å². The minimum atomic E-state index is -0.126. The molecule has 0 aromatic carbocycles. The molecule has 0 aliphatic heterocycles. The molecule has 0 saturated heterocycles. The van der Waals surface area contributed by atoms with E-state index in [1.54, 1.807) is 11.3 Å². The topological polar surface area (TPSA) is 42.4 Å². The molecule has 0 amide bonds. The van der Waals surface area contributed by atoms with Crippen molar-refractivity contribution in [1.82, 2.24) is 4.98 Å². The summed E-state index contributed by atoms with van der Waals surface area (Å²) in [5, 5.41) is 3.25. The van der Waals surface area contributed by atoms with E-state index in [4.69, 9.17) is 9.72 Å². The zero-order valence-corrected chi connectivity index (χ0v) is 12.8. The summed E-state index contributed by atoms with van der Waals surface area (Å²) >= 11 is 1.72. The minimum Gasteiger partial charge on any atom is -0.466 e. The minimum absolute atomic E-state index is 0.126. The van der Waals surface area contributed by atoms with Crippen LogP contribution < -0.4 is 4.90 Å². The number of aryl methyl sites for hydroxylation is 1. The summed E-state index contributed by atoms with van der Waals surface area (Å²) in [4.78, 5) is 18.6. The van der Waals surface area contributed by atoms with Crippen LogP contribution >= 0.6 is 11.3 Å². The van der Waals surface area contributed by atoms with Crippen LogP contribution in [0.3, 0.4) is 0 Å². The maximum absolute atomic E-state index is 11.4. The van der Waals surface area contributed by atoms with Crippen molar-refractivity contribution in [3.8, 4) is 0 Å². The van der Waals surface area contributed by atoms with Gasteiger partial charge in [0, 0.05) is 24.4 Å². The van der Waals surface area contributed by atoms with E-state index >= 15 is 0 Å². The van der Waals surface area contributed by atoms with E-state index in [9.17, 15) is 4.79 Å². The van der Waals surface area contributed by atoms with Gasteiger partial charge in [-0.1, -0.05) is 0 Å². The molecule has 0 atom stereocenters. The van der Waals surface area contributed by atoms with E-state index in [1.807, 2.05) is 6.92 Å². The molecule has 20 heavy (non-hydrogen) atoms. The fourth-order valence-corrected chi connectivity index (χ4v) is 3.30. The molecule has 1 aromatic rings. The van der Waals surface area contributed by atoms with Gasteiger partial charge in [0.1, 0.15) is 0 Å². The van der Waals surface area contributed by atoms with Crippen LogP contribution in [0.1, 0.15) is 44.7 Å². The molecule has 2 aliphatic carbocycles. The molecule has 1 heterocycles. The second kappa shape index (κ2) is 6.12. The Kier molecular flexibility index (Phi) is 4.24. The van der Waals surface area contributed by atoms with E-state index in [0.29, 0.717) is 19.4 Å². The summed E-state index contributed by atoms with van der Waals surface area (Å²) in [5.74, 6) is 0.765. The molecular weight excluding hydrogens is 272 g/mol. The summed E-state index contributed by atoms with van der Waals surface area (Å²) in [6.07, 6.45) is 6.50. The molecule has 2 fully saturated rings. The fourth-order valence-electron chi connectivity index (χ4n) is 2.35. The summed E-state index contributed by atoms with van der Waals surface area (Å²) < 4.78 is 4.95. The number of esters is 1. The molecule has 5 heteroatoms. The lowest BCUT2D eigenvalue weighted by molar-refractivity contribution is -0.143. The number of carbonyl (C=O) groups excluding carboxylic acids is 1. The number of hydrogen-bond donors (Lipinski definition) is 0. The predicted octanol–water partition coefficient (Wildman–Crippen LogP) is 3.02. The van der Waals surface area contributed by atoms with Gasteiger partial charge >= 0.3 is 5.97 Å². The number of carbonyl (C=O) groups is 1. The molecule has 0 spiro atoms. The third-order valence-corrected chi connectivity index (χ3v) is 4.74. The lowest BCUT2D eigenvalue weighted by Crippen LogP contribution is -2.27. The number of thiazole rings is 1. The van der Waals surface area contributed by atoms with Crippen LogP contribution in [0.25, 0.3) is 0 Å². The molecule has 0 unspecified atom stereocenters. The first-order chi connectivity index (χ1) is 9.76. The van der Waals surface area contributed by atoms with Gasteiger partial charge in [-0.2, -0.15) is 0 Å². The lowest BCUT2D eigenvalue weighted by Gasteiger charge is -2.21. The Balaban J connectivity index is 1.55. The smallest absolute Gasteiger partial charge is 0.306 e. The SMILES string of the molecule is CCOC(=O)CCc1csc(N(CC2CC2)C2CC2)n1. The number of rotatable bonds is 8. The second-order valence-electron chi connectivity index (χ2n) is 5.75. The molecule has 2 saturated carbocycles. The summed E-state index contributed by atoms with van der Waals surface area (Å²) in [7, 11) is 0. The average molecular weight is 294 g/mol. The Bertz CT molecular complexity index is 466. The van der Waals surface area contributed by atoms with Gasteiger partial charge in [-0.15, -0.1) is 11.3 Å². The Morgan fingerprint density at radius 3 is 2.90 bits per heavy atom. The van der Waals surface area contributed by atoms with Gasteiger partial charge in [-0.3, -0.25) is 4.79 Å². The van der Waals surface area contributed by atoms with E-state index < -0.39 is 0 Å². The average Bonchev–Trinajstić information content (AvgIpc) is 3.33. The van der Waals surface area contributed by atoms with Gasteiger partial charge in [-0.25, -0.2) is 4.98 Å². The standard InChI is InChI=1S/C15H22N2O2S/c1-2-19-14(18)8-5-12-10-20-15(16-12)17(13-6-7-13)9-11-3-4-11/h10-11,13H,2-9H2,1H3. The first-order valence-electron chi connectivity index (χ1n) is 7.63. The Morgan fingerprint density at radius 2 is 2.25 bits per heavy atom. The van der Waals surface area contributed by atoms with Crippen LogP contribution in [0, 0.1) is 5.92 Å². The number of hydrogen-bond acceptors (Lipinski definition) is 5. The fraction of sp³-hybridized carbons (Fsp3) is 0.733. The third kappa shape index (κ3) is 3.72. The van der Waals surface area contributed by atoms with Gasteiger partial charge in [0.2, 0.25) is 0 Å². The van der Waals surface area contributed by atoms with Crippen molar-refractivity contribution in [1.29, 1.82) is 0 Å². The zero-order chi connectivity index (χ0) is 13.9. The van der Waals surface area contributed by atoms with Crippen molar-refractivity contribution in [3.05, 3.63) is 11.1 Å². The van der Waals surface area contributed by atoms with Crippen LogP contribution in [0.2, 0.25) is 0 Å². The molecule has 0 N–H and O–H groups in total. The van der Waals surface area contributed by atoms with E-state index in [2.05, 4.69) is 10.3 Å². The third-order valence-electron chi connectivity index (χ3n) is 3.82. The molecule has 0 radical (unpaired) electrons. The van der Waals surface area contributed by atoms with Crippen LogP contribution in [-0.2, 0) is 16.0 Å². The van der Waals surface area contributed by atoms with Gasteiger partial charge < -0.3 is 9.64 Å². The van der Waals surface area contributed by atoms with Crippen LogP contribution in [0.15, 0.2) is 5.38 Å². The molecule has 4 nitrogen and oxygen atoms in total. The van der Waals surface area contributed by atoms with Crippen molar-refractivity contribution in [2.24, 2.45) is 5.92 Å². The van der Waals surface area contributed by atoms with E-state index in [-0.39, 0.29) is 5.97 Å². The number of nitrogens with zero attached hydrogens (tertiary/aromatic N) is 2. The highest BCUT2D eigenvalue weighted by Crippen LogP contribution is 2.38. The van der Waals surface area contributed by atoms with Crippen LogP contribution in [0.5, 0.6) is 0 Å². The number of aromatic nitrogens is 1. The highest BCUT2D eigenvalue weighted by Gasteiger charge is 2.35. The summed E-state index contributed by atoms with van der Waals surface area (Å²) in [6, 6.07) is 0.722. The molecule has 2 aliphatic rings. The normalized spacial score (nSPS) is 18.1. The Labute approximate surface area is 124 Å². The van der Waals surface area contributed by atoms with E-state index in [0.717, 1.165) is 22.8 Å². The van der Waals surface area contributed by atoms with Crippen LogP contribution in [-0.4, -0.2) is 30.1 Å². The van der Waals surface area contributed by atoms with Crippen molar-refractivity contribution in [3.63, 3.8) is 0 Å². The second-order valence-corrected chi connectivity index (χ2v) is 6.59. The highest BCUT2D eigenvalue weighted by atomic mass is 32.1. The van der Waals surface area contributed by atoms with Crippen molar-refractivity contribution in [2.75, 3.05) is 18.1 Å². The highest BCUT2D eigenvalue weighted by molar-refractivity contribution is 7.13. The largest absolute Gasteiger partial charge is 0.466 e. The van der Waals surface area contributed by atoms with Gasteiger partial charge in [0.15, 0.2) is 5.13 Å². The van der Waals surface area contributed by atoms with Crippen molar-refractivity contribution >= 4 is 22.4 Å². The molecule has 3 rings (SSSR count). The molecular formula is C15H22N2O2S. The predicted molar refractivity (Wildman–Crippen MR) is 80.2 cm³/mol. The monoisotopic (exact) mass is 294 g/mol. The number of anilines is 1. The molecule has 110 valence electrons. The lowest BCUT2D eigenvalue weighted by atomic mass is 10.2. The quantitative estimate of drug-likeness (QED) is 0.691. The summed E-state index contributed by atoms with van der Waals surface area (Å²) in [5.41, 5.74) is 1.03. The van der Waals surface area contributed by atoms with E-state index in [1.165, 1.54) is 32.2 Å². The number of ether oxygens (including phenoxy) is 1. The maximum atomic E-state index is 11.4. The molecule has 1 aromatic heterocycles. The van der Waals surface area contributed by atoms with Gasteiger partial charge in [-0.05, 0) is 38.5 Å². The maximum Gasteiger partial charge on any atom is 0.306 e. The van der Waals surface area contributed by atoms with Crippen molar-refractivity contribution < 1.29 is 9.53 Å². The summed E-state index contributed by atoms with van der Waals surface area (Å²) in [6.45, 7) is 3.47. The molecule has 0 bridgehead atoms. The zero-order valence-electron chi connectivity index (χ0n) is 12.0. The van der Waals surface area contributed by atoms with Gasteiger partial charge in [0.05, 0.1) is 18.7 Å².